The minimum absolute atomic E-state index is 0.548. The van der Waals surface area contributed by atoms with E-state index in [0.29, 0.717) is 17.2 Å². The van der Waals surface area contributed by atoms with Crippen molar-refractivity contribution in [2.75, 3.05) is 21.3 Å². The lowest BCUT2D eigenvalue weighted by molar-refractivity contribution is 0.324. The van der Waals surface area contributed by atoms with Gasteiger partial charge in [0, 0.05) is 10.0 Å². The Labute approximate surface area is 148 Å². The van der Waals surface area contributed by atoms with Crippen molar-refractivity contribution in [1.29, 1.82) is 0 Å². The van der Waals surface area contributed by atoms with Gasteiger partial charge in [0.25, 0.3) is 0 Å². The number of methoxy groups -OCH3 is 3. The molecule has 6 nitrogen and oxygen atoms in total. The molecule has 0 radical (unpaired) electrons. The SMILES string of the molecule is COc1cc(-c2cnnn2-c2ccc(Br)cc2)cc(OC)c1OC. The van der Waals surface area contributed by atoms with Crippen molar-refractivity contribution in [3.8, 4) is 34.2 Å². The van der Waals surface area contributed by atoms with E-state index in [-0.39, 0.29) is 0 Å². The van der Waals surface area contributed by atoms with Crippen molar-refractivity contribution in [1.82, 2.24) is 15.0 Å². The Morgan fingerprint density at radius 3 is 2.08 bits per heavy atom. The summed E-state index contributed by atoms with van der Waals surface area (Å²) in [5, 5.41) is 8.22. The molecule has 1 heterocycles. The van der Waals surface area contributed by atoms with Crippen molar-refractivity contribution in [3.63, 3.8) is 0 Å². The zero-order valence-corrected chi connectivity index (χ0v) is 15.1. The summed E-state index contributed by atoms with van der Waals surface area (Å²) in [7, 11) is 4.75. The van der Waals surface area contributed by atoms with Gasteiger partial charge in [-0.25, -0.2) is 4.68 Å². The van der Waals surface area contributed by atoms with Crippen LogP contribution in [0, 0.1) is 0 Å². The number of hydrogen-bond donors (Lipinski definition) is 0. The molecule has 0 aliphatic rings. The maximum Gasteiger partial charge on any atom is 0.203 e. The molecule has 0 unspecified atom stereocenters. The number of hydrogen-bond acceptors (Lipinski definition) is 5. The molecule has 124 valence electrons. The molecule has 1 aromatic heterocycles. The second-order valence-corrected chi connectivity index (χ2v) is 5.84. The quantitative estimate of drug-likeness (QED) is 0.665. The number of benzene rings is 2. The lowest BCUT2D eigenvalue weighted by atomic mass is 10.1. The second-order valence-electron chi connectivity index (χ2n) is 4.92. The van der Waals surface area contributed by atoms with Gasteiger partial charge >= 0.3 is 0 Å². The molecule has 2 aromatic carbocycles. The third kappa shape index (κ3) is 2.94. The van der Waals surface area contributed by atoms with E-state index in [1.807, 2.05) is 36.4 Å². The van der Waals surface area contributed by atoms with Gasteiger partial charge in [0.05, 0.1) is 38.9 Å². The van der Waals surface area contributed by atoms with Crippen LogP contribution in [0.25, 0.3) is 16.9 Å². The van der Waals surface area contributed by atoms with Crippen LogP contribution in [0.3, 0.4) is 0 Å². The van der Waals surface area contributed by atoms with E-state index in [2.05, 4.69) is 26.2 Å². The van der Waals surface area contributed by atoms with Crippen LogP contribution in [0.4, 0.5) is 0 Å². The Morgan fingerprint density at radius 1 is 0.917 bits per heavy atom. The topological polar surface area (TPSA) is 58.4 Å². The van der Waals surface area contributed by atoms with Gasteiger partial charge in [-0.3, -0.25) is 0 Å². The van der Waals surface area contributed by atoms with Crippen LogP contribution in [-0.2, 0) is 0 Å². The first-order valence-electron chi connectivity index (χ1n) is 7.15. The highest BCUT2D eigenvalue weighted by Gasteiger charge is 2.17. The number of nitrogens with zero attached hydrogens (tertiary/aromatic N) is 3. The monoisotopic (exact) mass is 389 g/mol. The molecule has 0 spiro atoms. The van der Waals surface area contributed by atoms with Crippen molar-refractivity contribution in [3.05, 3.63) is 47.1 Å². The molecule has 0 aliphatic heterocycles. The van der Waals surface area contributed by atoms with Crippen LogP contribution < -0.4 is 14.2 Å². The molecule has 7 heteroatoms. The number of rotatable bonds is 5. The summed E-state index contributed by atoms with van der Waals surface area (Å²) in [6.07, 6.45) is 1.70. The van der Waals surface area contributed by atoms with Crippen LogP contribution in [0.2, 0.25) is 0 Å². The molecule has 0 saturated carbocycles. The highest BCUT2D eigenvalue weighted by molar-refractivity contribution is 9.10. The number of ether oxygens (including phenoxy) is 3. The normalized spacial score (nSPS) is 10.5. The molecular weight excluding hydrogens is 374 g/mol. The van der Waals surface area contributed by atoms with Crippen LogP contribution >= 0.6 is 15.9 Å². The minimum atomic E-state index is 0.548. The summed E-state index contributed by atoms with van der Waals surface area (Å²) in [4.78, 5) is 0. The van der Waals surface area contributed by atoms with E-state index in [9.17, 15) is 0 Å². The zero-order valence-electron chi connectivity index (χ0n) is 13.5. The Bertz CT molecular complexity index is 822. The predicted molar refractivity (Wildman–Crippen MR) is 94.2 cm³/mol. The summed E-state index contributed by atoms with van der Waals surface area (Å²) in [5.41, 5.74) is 2.58. The zero-order chi connectivity index (χ0) is 17.1. The summed E-state index contributed by atoms with van der Waals surface area (Å²) < 4.78 is 19.0. The average molecular weight is 390 g/mol. The Morgan fingerprint density at radius 2 is 1.54 bits per heavy atom. The fourth-order valence-corrected chi connectivity index (χ4v) is 2.70. The van der Waals surface area contributed by atoms with Gasteiger partial charge in [0.1, 0.15) is 0 Å². The molecule has 3 aromatic rings. The first-order chi connectivity index (χ1) is 11.7. The van der Waals surface area contributed by atoms with Crippen LogP contribution in [-0.4, -0.2) is 36.3 Å². The van der Waals surface area contributed by atoms with Crippen molar-refractivity contribution in [2.24, 2.45) is 0 Å². The van der Waals surface area contributed by atoms with Crippen molar-refractivity contribution in [2.45, 2.75) is 0 Å². The molecule has 0 atom stereocenters. The summed E-state index contributed by atoms with van der Waals surface area (Å²) in [5.74, 6) is 1.71. The molecule has 3 rings (SSSR count). The van der Waals surface area contributed by atoms with E-state index in [4.69, 9.17) is 14.2 Å². The van der Waals surface area contributed by atoms with E-state index >= 15 is 0 Å². The van der Waals surface area contributed by atoms with E-state index in [0.717, 1.165) is 21.4 Å². The van der Waals surface area contributed by atoms with Gasteiger partial charge in [-0.2, -0.15) is 0 Å². The smallest absolute Gasteiger partial charge is 0.203 e. The number of halogens is 1. The Balaban J connectivity index is 2.14. The minimum Gasteiger partial charge on any atom is -0.493 e. The van der Waals surface area contributed by atoms with E-state index < -0.39 is 0 Å². The van der Waals surface area contributed by atoms with Gasteiger partial charge < -0.3 is 14.2 Å². The highest BCUT2D eigenvalue weighted by Crippen LogP contribution is 2.41. The standard InChI is InChI=1S/C17H16BrN3O3/c1-22-15-8-11(9-16(23-2)17(15)24-3)14-10-19-20-21(14)13-6-4-12(18)5-7-13/h4-10H,1-3H3. The van der Waals surface area contributed by atoms with Gasteiger partial charge in [-0.1, -0.05) is 21.1 Å². The maximum absolute atomic E-state index is 5.42. The van der Waals surface area contributed by atoms with Crippen molar-refractivity contribution >= 4 is 15.9 Å². The van der Waals surface area contributed by atoms with Crippen LogP contribution in [0.15, 0.2) is 47.1 Å². The summed E-state index contributed by atoms with van der Waals surface area (Å²) in [6, 6.07) is 11.6. The fourth-order valence-electron chi connectivity index (χ4n) is 2.43. The van der Waals surface area contributed by atoms with Gasteiger partial charge in [-0.05, 0) is 36.4 Å². The average Bonchev–Trinajstić information content (AvgIpc) is 3.10. The molecule has 0 amide bonds. The Kier molecular flexibility index (Phi) is 4.71. The fraction of sp³-hybridized carbons (Fsp3) is 0.176. The molecule has 0 N–H and O–H groups in total. The van der Waals surface area contributed by atoms with E-state index in [1.54, 1.807) is 32.2 Å². The molecule has 0 aliphatic carbocycles. The maximum atomic E-state index is 5.42. The highest BCUT2D eigenvalue weighted by atomic mass is 79.9. The number of aromatic nitrogens is 3. The molecule has 24 heavy (non-hydrogen) atoms. The van der Waals surface area contributed by atoms with E-state index in [1.165, 1.54) is 0 Å². The summed E-state index contributed by atoms with van der Waals surface area (Å²) in [6.45, 7) is 0. The van der Waals surface area contributed by atoms with Gasteiger partial charge in [-0.15, -0.1) is 5.10 Å². The molecule has 0 bridgehead atoms. The lowest BCUT2D eigenvalue weighted by Crippen LogP contribution is -2.00. The predicted octanol–water partition coefficient (Wildman–Crippen LogP) is 3.72. The first kappa shape index (κ1) is 16.3. The lowest BCUT2D eigenvalue weighted by Gasteiger charge is -2.14. The van der Waals surface area contributed by atoms with Gasteiger partial charge in [0.2, 0.25) is 5.75 Å². The van der Waals surface area contributed by atoms with Crippen molar-refractivity contribution < 1.29 is 14.2 Å². The van der Waals surface area contributed by atoms with Gasteiger partial charge in [0.15, 0.2) is 11.5 Å². The largest absolute Gasteiger partial charge is 0.493 e. The first-order valence-corrected chi connectivity index (χ1v) is 7.94. The van der Waals surface area contributed by atoms with Crippen LogP contribution in [0.1, 0.15) is 0 Å². The second kappa shape index (κ2) is 6.92. The molecular formula is C17H16BrN3O3. The van der Waals surface area contributed by atoms with Crippen LogP contribution in [0.5, 0.6) is 17.2 Å². The molecule has 0 saturated heterocycles. The third-order valence-electron chi connectivity index (χ3n) is 3.58. The third-order valence-corrected chi connectivity index (χ3v) is 4.11. The Hall–Kier alpha value is -2.54. The summed E-state index contributed by atoms with van der Waals surface area (Å²) >= 11 is 3.43. The molecule has 0 fully saturated rings.